The highest BCUT2D eigenvalue weighted by atomic mass is 16.3. The molecule has 0 spiro atoms. The van der Waals surface area contributed by atoms with Crippen LogP contribution in [-0.4, -0.2) is 38.7 Å². The minimum absolute atomic E-state index is 0.0274. The fraction of sp³-hybridized carbons (Fsp3) is 0.350. The Kier molecular flexibility index (Phi) is 5.29. The lowest BCUT2D eigenvalue weighted by Gasteiger charge is -2.33. The number of hydrogen-bond donors (Lipinski definition) is 1. The van der Waals surface area contributed by atoms with Crippen LogP contribution in [0.15, 0.2) is 59.6 Å². The van der Waals surface area contributed by atoms with Gasteiger partial charge in [0, 0.05) is 38.2 Å². The van der Waals surface area contributed by atoms with Gasteiger partial charge in [-0.1, -0.05) is 0 Å². The number of nitrogens with one attached hydrogen (secondary N) is 1. The number of furan rings is 1. The van der Waals surface area contributed by atoms with Gasteiger partial charge < -0.3 is 9.73 Å². The summed E-state index contributed by atoms with van der Waals surface area (Å²) in [6.45, 7) is 2.93. The Morgan fingerprint density at radius 3 is 2.93 bits per heavy atom. The summed E-state index contributed by atoms with van der Waals surface area (Å²) in [5.74, 6) is 0.985. The maximum atomic E-state index is 12.5. The molecule has 7 nitrogen and oxygen atoms in total. The normalized spacial score (nSPS) is 16.8. The second-order valence-electron chi connectivity index (χ2n) is 6.83. The van der Waals surface area contributed by atoms with E-state index in [-0.39, 0.29) is 11.9 Å². The van der Waals surface area contributed by atoms with Crippen LogP contribution in [0.25, 0.3) is 0 Å². The van der Waals surface area contributed by atoms with Gasteiger partial charge in [-0.2, -0.15) is 5.10 Å². The van der Waals surface area contributed by atoms with Gasteiger partial charge in [0.2, 0.25) is 5.91 Å². The van der Waals surface area contributed by atoms with Crippen LogP contribution in [0.3, 0.4) is 0 Å². The van der Waals surface area contributed by atoms with Crippen LogP contribution in [0.1, 0.15) is 29.5 Å². The fourth-order valence-electron chi connectivity index (χ4n) is 3.54. The van der Waals surface area contributed by atoms with E-state index in [9.17, 15) is 4.79 Å². The van der Waals surface area contributed by atoms with Crippen molar-refractivity contribution in [3.05, 3.63) is 72.2 Å². The molecule has 3 aromatic rings. The summed E-state index contributed by atoms with van der Waals surface area (Å²) < 4.78 is 7.46. The minimum atomic E-state index is 0.0274. The monoisotopic (exact) mass is 365 g/mol. The summed E-state index contributed by atoms with van der Waals surface area (Å²) in [6, 6.07) is 9.86. The van der Waals surface area contributed by atoms with Crippen molar-refractivity contribution < 1.29 is 9.21 Å². The predicted molar refractivity (Wildman–Crippen MR) is 99.7 cm³/mol. The molecule has 3 aromatic heterocycles. The SMILES string of the molecule is O=C(CC1CN(Cc2ccco2)Cc2ccnn21)NCCc1ccncc1. The van der Waals surface area contributed by atoms with E-state index in [1.807, 2.05) is 35.0 Å². The smallest absolute Gasteiger partial charge is 0.222 e. The maximum Gasteiger partial charge on any atom is 0.222 e. The zero-order valence-electron chi connectivity index (χ0n) is 15.1. The summed E-state index contributed by atoms with van der Waals surface area (Å²) in [5, 5.41) is 7.45. The van der Waals surface area contributed by atoms with Gasteiger partial charge in [0.1, 0.15) is 5.76 Å². The number of aromatic nitrogens is 3. The van der Waals surface area contributed by atoms with Gasteiger partial charge >= 0.3 is 0 Å². The van der Waals surface area contributed by atoms with Crippen LogP contribution in [0.5, 0.6) is 0 Å². The molecule has 1 unspecified atom stereocenters. The highest BCUT2D eigenvalue weighted by molar-refractivity contribution is 5.76. The van der Waals surface area contributed by atoms with Crippen LogP contribution in [-0.2, 0) is 24.3 Å². The third-order valence-electron chi connectivity index (χ3n) is 4.82. The lowest BCUT2D eigenvalue weighted by atomic mass is 10.1. The van der Waals surface area contributed by atoms with E-state index >= 15 is 0 Å². The minimum Gasteiger partial charge on any atom is -0.468 e. The van der Waals surface area contributed by atoms with E-state index in [0.29, 0.717) is 13.0 Å². The van der Waals surface area contributed by atoms with Crippen molar-refractivity contribution in [2.45, 2.75) is 32.0 Å². The Bertz CT molecular complexity index is 860. The molecule has 27 heavy (non-hydrogen) atoms. The van der Waals surface area contributed by atoms with E-state index in [1.165, 1.54) is 5.56 Å². The fourth-order valence-corrected chi connectivity index (χ4v) is 3.54. The second-order valence-corrected chi connectivity index (χ2v) is 6.83. The van der Waals surface area contributed by atoms with Gasteiger partial charge in [-0.3, -0.25) is 19.4 Å². The van der Waals surface area contributed by atoms with Gasteiger partial charge in [-0.15, -0.1) is 0 Å². The lowest BCUT2D eigenvalue weighted by Crippen LogP contribution is -2.39. The molecule has 0 aromatic carbocycles. The lowest BCUT2D eigenvalue weighted by molar-refractivity contribution is -0.122. The molecule has 0 saturated carbocycles. The summed E-state index contributed by atoms with van der Waals surface area (Å²) in [5.41, 5.74) is 2.30. The summed E-state index contributed by atoms with van der Waals surface area (Å²) in [6.07, 6.45) is 8.26. The molecule has 1 N–H and O–H groups in total. The third kappa shape index (κ3) is 4.43. The Balaban J connectivity index is 1.33. The van der Waals surface area contributed by atoms with Crippen molar-refractivity contribution in [3.63, 3.8) is 0 Å². The molecule has 1 amide bonds. The number of amides is 1. The molecular weight excluding hydrogens is 342 g/mol. The van der Waals surface area contributed by atoms with E-state index in [0.717, 1.165) is 37.5 Å². The van der Waals surface area contributed by atoms with Crippen LogP contribution in [0.4, 0.5) is 0 Å². The quantitative estimate of drug-likeness (QED) is 0.694. The number of fused-ring (bicyclic) bond motifs is 1. The molecular formula is C20H23N5O2. The van der Waals surface area contributed by atoms with Crippen LogP contribution < -0.4 is 5.32 Å². The second kappa shape index (κ2) is 8.18. The maximum absolute atomic E-state index is 12.5. The number of nitrogens with zero attached hydrogens (tertiary/aromatic N) is 4. The van der Waals surface area contributed by atoms with Crippen LogP contribution >= 0.6 is 0 Å². The molecule has 1 aliphatic rings. The van der Waals surface area contributed by atoms with Crippen LogP contribution in [0, 0.1) is 0 Å². The van der Waals surface area contributed by atoms with Crippen molar-refractivity contribution in [1.29, 1.82) is 0 Å². The zero-order chi connectivity index (χ0) is 18.5. The molecule has 4 heterocycles. The molecule has 0 aliphatic carbocycles. The zero-order valence-corrected chi connectivity index (χ0v) is 15.1. The topological polar surface area (TPSA) is 76.2 Å². The molecule has 4 rings (SSSR count). The van der Waals surface area contributed by atoms with Gasteiger partial charge in [0.15, 0.2) is 0 Å². The van der Waals surface area contributed by atoms with Crippen molar-refractivity contribution in [1.82, 2.24) is 25.0 Å². The first kappa shape index (κ1) is 17.5. The summed E-state index contributed by atoms with van der Waals surface area (Å²) in [7, 11) is 0. The average molecular weight is 365 g/mol. The highest BCUT2D eigenvalue weighted by Gasteiger charge is 2.27. The first-order valence-corrected chi connectivity index (χ1v) is 9.20. The number of carbonyl (C=O) groups excluding carboxylic acids is 1. The molecule has 0 saturated heterocycles. The van der Waals surface area contributed by atoms with Crippen molar-refractivity contribution in [2.24, 2.45) is 0 Å². The Hall–Kier alpha value is -2.93. The molecule has 0 fully saturated rings. The molecule has 1 aliphatic heterocycles. The van der Waals surface area contributed by atoms with E-state index < -0.39 is 0 Å². The van der Waals surface area contributed by atoms with E-state index in [2.05, 4.69) is 20.3 Å². The molecule has 0 bridgehead atoms. The first-order valence-electron chi connectivity index (χ1n) is 9.20. The van der Waals surface area contributed by atoms with Crippen molar-refractivity contribution in [2.75, 3.05) is 13.1 Å². The van der Waals surface area contributed by atoms with Crippen LogP contribution in [0.2, 0.25) is 0 Å². The molecule has 7 heteroatoms. The third-order valence-corrected chi connectivity index (χ3v) is 4.82. The number of rotatable bonds is 7. The standard InChI is InChI=1S/C20H23N5O2/c26-20(22-9-5-16-3-7-21-8-4-16)12-18-14-24(15-19-2-1-11-27-19)13-17-6-10-23-25(17)18/h1-4,6-8,10-11,18H,5,9,12-15H2,(H,22,26). The summed E-state index contributed by atoms with van der Waals surface area (Å²) in [4.78, 5) is 18.8. The van der Waals surface area contributed by atoms with Crippen molar-refractivity contribution in [3.8, 4) is 0 Å². The molecule has 140 valence electrons. The van der Waals surface area contributed by atoms with Crippen molar-refractivity contribution >= 4 is 5.91 Å². The Morgan fingerprint density at radius 1 is 1.22 bits per heavy atom. The van der Waals surface area contributed by atoms with Gasteiger partial charge in [-0.05, 0) is 42.3 Å². The van der Waals surface area contributed by atoms with Gasteiger partial charge in [-0.25, -0.2) is 0 Å². The Morgan fingerprint density at radius 2 is 2.11 bits per heavy atom. The Labute approximate surface area is 158 Å². The summed E-state index contributed by atoms with van der Waals surface area (Å²) >= 11 is 0. The average Bonchev–Trinajstić information content (AvgIpc) is 3.34. The molecule has 1 atom stereocenters. The number of pyridine rings is 1. The van der Waals surface area contributed by atoms with Gasteiger partial charge in [0.25, 0.3) is 0 Å². The first-order chi connectivity index (χ1) is 13.3. The largest absolute Gasteiger partial charge is 0.468 e. The predicted octanol–water partition coefficient (Wildman–Crippen LogP) is 2.18. The van der Waals surface area contributed by atoms with Gasteiger partial charge in [0.05, 0.1) is 31.0 Å². The highest BCUT2D eigenvalue weighted by Crippen LogP contribution is 2.24. The molecule has 0 radical (unpaired) electrons. The number of carbonyl (C=O) groups is 1. The van der Waals surface area contributed by atoms with E-state index in [4.69, 9.17) is 4.42 Å². The number of hydrogen-bond acceptors (Lipinski definition) is 5. The van der Waals surface area contributed by atoms with E-state index in [1.54, 1.807) is 24.9 Å².